The number of thioether (sulfide) groups is 1. The van der Waals surface area contributed by atoms with E-state index in [0.29, 0.717) is 24.0 Å². The lowest BCUT2D eigenvalue weighted by atomic mass is 10.2. The van der Waals surface area contributed by atoms with Gasteiger partial charge in [-0.25, -0.2) is 0 Å². The molecule has 2 unspecified atom stereocenters. The summed E-state index contributed by atoms with van der Waals surface area (Å²) in [4.78, 5) is 16.0. The molecule has 1 aliphatic heterocycles. The first-order chi connectivity index (χ1) is 7.90. The van der Waals surface area contributed by atoms with Crippen LogP contribution < -0.4 is 0 Å². The van der Waals surface area contributed by atoms with Gasteiger partial charge in [-0.1, -0.05) is 13.8 Å². The maximum Gasteiger partial charge on any atom is 0.232 e. The molecule has 1 N–H and O–H groups in total. The Balaban J connectivity index is 2.51. The molecule has 0 aromatic heterocycles. The molecule has 1 rings (SSSR count). The summed E-state index contributed by atoms with van der Waals surface area (Å²) in [5.74, 6) is 0.681. The van der Waals surface area contributed by atoms with Gasteiger partial charge in [0.05, 0.1) is 11.9 Å². The first-order valence-corrected chi connectivity index (χ1v) is 7.19. The zero-order valence-corrected chi connectivity index (χ0v) is 12.0. The zero-order chi connectivity index (χ0) is 13.0. The number of rotatable bonds is 5. The van der Waals surface area contributed by atoms with Crippen LogP contribution in [0.4, 0.5) is 0 Å². The quantitative estimate of drug-likeness (QED) is 0.788. The fraction of sp³-hybridized carbons (Fsp3) is 0.917. The monoisotopic (exact) mass is 260 g/mol. The molecule has 17 heavy (non-hydrogen) atoms. The van der Waals surface area contributed by atoms with Gasteiger partial charge in [-0.3, -0.25) is 4.79 Å². The number of aliphatic hydroxyl groups is 1. The first-order valence-electron chi connectivity index (χ1n) is 6.14. The summed E-state index contributed by atoms with van der Waals surface area (Å²) in [6, 6.07) is 0.167. The summed E-state index contributed by atoms with van der Waals surface area (Å²) in [6.07, 6.45) is 0.351. The molecule has 4 nitrogen and oxygen atoms in total. The third kappa shape index (κ3) is 4.85. The summed E-state index contributed by atoms with van der Waals surface area (Å²) in [5, 5.41) is 10.2. The highest BCUT2D eigenvalue weighted by Crippen LogP contribution is 2.20. The van der Waals surface area contributed by atoms with Gasteiger partial charge in [0.2, 0.25) is 5.91 Å². The van der Waals surface area contributed by atoms with Crippen molar-refractivity contribution in [3.05, 3.63) is 0 Å². The Morgan fingerprint density at radius 2 is 2.18 bits per heavy atom. The van der Waals surface area contributed by atoms with Gasteiger partial charge in [-0.15, -0.1) is 11.8 Å². The van der Waals surface area contributed by atoms with Crippen LogP contribution in [0.2, 0.25) is 0 Å². The number of aliphatic hydroxyl groups excluding tert-OH is 1. The maximum atomic E-state index is 12.1. The molecule has 0 spiro atoms. The van der Waals surface area contributed by atoms with Crippen LogP contribution in [0.25, 0.3) is 0 Å². The van der Waals surface area contributed by atoms with E-state index < -0.39 is 0 Å². The number of likely N-dealkylation sites (tertiary alicyclic amines) is 1. The molecule has 0 aliphatic carbocycles. The van der Waals surface area contributed by atoms with Crippen LogP contribution in [-0.4, -0.2) is 71.1 Å². The van der Waals surface area contributed by atoms with Crippen molar-refractivity contribution in [2.45, 2.75) is 37.7 Å². The van der Waals surface area contributed by atoms with Gasteiger partial charge in [0.15, 0.2) is 0 Å². The lowest BCUT2D eigenvalue weighted by Gasteiger charge is -2.27. The summed E-state index contributed by atoms with van der Waals surface area (Å²) < 4.78 is 0. The SMILES string of the molecule is CC(C)SCC(=O)N1CC(O)CC1CN(C)C. The number of carbonyl (C=O) groups excluding carboxylic acids is 1. The van der Waals surface area contributed by atoms with Crippen molar-refractivity contribution < 1.29 is 9.90 Å². The van der Waals surface area contributed by atoms with Crippen molar-refractivity contribution in [2.75, 3.05) is 32.9 Å². The Morgan fingerprint density at radius 1 is 1.53 bits per heavy atom. The van der Waals surface area contributed by atoms with Crippen molar-refractivity contribution in [3.8, 4) is 0 Å². The second-order valence-electron chi connectivity index (χ2n) is 5.21. The molecule has 0 bridgehead atoms. The first kappa shape index (κ1) is 14.8. The number of nitrogens with zero attached hydrogens (tertiary/aromatic N) is 2. The smallest absolute Gasteiger partial charge is 0.232 e. The van der Waals surface area contributed by atoms with Gasteiger partial charge in [0.1, 0.15) is 0 Å². The van der Waals surface area contributed by atoms with Crippen LogP contribution in [0, 0.1) is 0 Å². The van der Waals surface area contributed by atoms with Crippen molar-refractivity contribution in [2.24, 2.45) is 0 Å². The number of amides is 1. The number of carbonyl (C=O) groups is 1. The van der Waals surface area contributed by atoms with E-state index in [1.807, 2.05) is 19.0 Å². The second-order valence-corrected chi connectivity index (χ2v) is 6.78. The summed E-state index contributed by atoms with van der Waals surface area (Å²) in [6.45, 7) is 5.51. The summed E-state index contributed by atoms with van der Waals surface area (Å²) in [5.41, 5.74) is 0. The molecule has 0 radical (unpaired) electrons. The molecule has 1 fully saturated rings. The highest BCUT2D eigenvalue weighted by molar-refractivity contribution is 8.00. The predicted octanol–water partition coefficient (Wildman–Crippen LogP) is 0.651. The number of hydrogen-bond donors (Lipinski definition) is 1. The largest absolute Gasteiger partial charge is 0.391 e. The second kappa shape index (κ2) is 6.61. The summed E-state index contributed by atoms with van der Waals surface area (Å²) in [7, 11) is 3.99. The minimum absolute atomic E-state index is 0.159. The fourth-order valence-corrected chi connectivity index (χ4v) is 2.75. The molecule has 100 valence electrons. The van der Waals surface area contributed by atoms with Gasteiger partial charge >= 0.3 is 0 Å². The van der Waals surface area contributed by atoms with Gasteiger partial charge in [-0.05, 0) is 25.8 Å². The highest BCUT2D eigenvalue weighted by Gasteiger charge is 2.34. The third-order valence-electron chi connectivity index (χ3n) is 2.83. The third-order valence-corrected chi connectivity index (χ3v) is 3.91. The van der Waals surface area contributed by atoms with Gasteiger partial charge < -0.3 is 14.9 Å². The van der Waals surface area contributed by atoms with Crippen molar-refractivity contribution in [1.82, 2.24) is 9.80 Å². The molecular weight excluding hydrogens is 236 g/mol. The molecule has 1 amide bonds. The Labute approximate surface area is 108 Å². The predicted molar refractivity (Wildman–Crippen MR) is 72.3 cm³/mol. The van der Waals surface area contributed by atoms with E-state index in [4.69, 9.17) is 0 Å². The van der Waals surface area contributed by atoms with E-state index in [2.05, 4.69) is 18.7 Å². The Bertz CT molecular complexity index is 259. The molecule has 1 aliphatic rings. The molecule has 0 aromatic rings. The molecule has 0 saturated carbocycles. The van der Waals surface area contributed by atoms with Crippen molar-refractivity contribution >= 4 is 17.7 Å². The summed E-state index contributed by atoms with van der Waals surface area (Å²) >= 11 is 1.66. The topological polar surface area (TPSA) is 43.8 Å². The molecule has 2 atom stereocenters. The molecular formula is C12H24N2O2S. The van der Waals surface area contributed by atoms with Crippen LogP contribution >= 0.6 is 11.8 Å². The number of likely N-dealkylation sites (N-methyl/N-ethyl adjacent to an activating group) is 1. The van der Waals surface area contributed by atoms with E-state index in [1.54, 1.807) is 11.8 Å². The molecule has 5 heteroatoms. The molecule has 1 heterocycles. The Morgan fingerprint density at radius 3 is 2.71 bits per heavy atom. The van der Waals surface area contributed by atoms with Crippen molar-refractivity contribution in [3.63, 3.8) is 0 Å². The minimum atomic E-state index is -0.354. The van der Waals surface area contributed by atoms with E-state index in [-0.39, 0.29) is 18.1 Å². The molecule has 1 saturated heterocycles. The lowest BCUT2D eigenvalue weighted by Crippen LogP contribution is -2.42. The Kier molecular flexibility index (Phi) is 5.76. The average molecular weight is 260 g/mol. The minimum Gasteiger partial charge on any atom is -0.391 e. The van der Waals surface area contributed by atoms with Gasteiger partial charge in [-0.2, -0.15) is 0 Å². The number of β-amino-alcohol motifs (C(OH)–C–C–N with tert-alkyl or cyclic N) is 1. The van der Waals surface area contributed by atoms with E-state index >= 15 is 0 Å². The maximum absolute atomic E-state index is 12.1. The molecule has 0 aromatic carbocycles. The van der Waals surface area contributed by atoms with E-state index in [1.165, 1.54) is 0 Å². The fourth-order valence-electron chi connectivity index (χ4n) is 2.11. The number of hydrogen-bond acceptors (Lipinski definition) is 4. The van der Waals surface area contributed by atoms with Crippen LogP contribution in [0.1, 0.15) is 20.3 Å². The standard InChI is InChI=1S/C12H24N2O2S/c1-9(2)17-8-12(16)14-7-11(15)5-10(14)6-13(3)4/h9-11,15H,5-8H2,1-4H3. The zero-order valence-electron chi connectivity index (χ0n) is 11.2. The van der Waals surface area contributed by atoms with Crippen LogP contribution in [-0.2, 0) is 4.79 Å². The van der Waals surface area contributed by atoms with Crippen molar-refractivity contribution in [1.29, 1.82) is 0 Å². The van der Waals surface area contributed by atoms with E-state index in [9.17, 15) is 9.90 Å². The lowest BCUT2D eigenvalue weighted by molar-refractivity contribution is -0.129. The van der Waals surface area contributed by atoms with Crippen LogP contribution in [0.15, 0.2) is 0 Å². The average Bonchev–Trinajstić information content (AvgIpc) is 2.54. The highest BCUT2D eigenvalue weighted by atomic mass is 32.2. The van der Waals surface area contributed by atoms with Crippen LogP contribution in [0.5, 0.6) is 0 Å². The van der Waals surface area contributed by atoms with Crippen LogP contribution in [0.3, 0.4) is 0 Å². The van der Waals surface area contributed by atoms with E-state index in [0.717, 1.165) is 6.54 Å². The normalized spacial score (nSPS) is 25.0. The van der Waals surface area contributed by atoms with Gasteiger partial charge in [0, 0.05) is 19.1 Å². The Hall–Kier alpha value is -0.260. The van der Waals surface area contributed by atoms with Gasteiger partial charge in [0.25, 0.3) is 0 Å².